The highest BCUT2D eigenvalue weighted by Gasteiger charge is 2.36. The number of rotatable bonds is 3. The molecule has 0 saturated heterocycles. The highest BCUT2D eigenvalue weighted by molar-refractivity contribution is 5.93. The summed E-state index contributed by atoms with van der Waals surface area (Å²) >= 11 is 0. The summed E-state index contributed by atoms with van der Waals surface area (Å²) in [7, 11) is 0. The van der Waals surface area contributed by atoms with Gasteiger partial charge in [0.05, 0.1) is 0 Å². The molecule has 26 heavy (non-hydrogen) atoms. The molecule has 0 aliphatic heterocycles. The van der Waals surface area contributed by atoms with E-state index in [0.29, 0.717) is 11.8 Å². The number of unbranched alkanes of at least 4 members (excludes halogenated alkanes) is 1. The van der Waals surface area contributed by atoms with Gasteiger partial charge in [0.25, 0.3) is 0 Å². The van der Waals surface area contributed by atoms with E-state index >= 15 is 0 Å². The maximum absolute atomic E-state index is 2.54. The largest absolute Gasteiger partial charge is 0.0654 e. The molecule has 0 bridgehead atoms. The van der Waals surface area contributed by atoms with Crippen LogP contribution in [-0.2, 0) is 6.42 Å². The van der Waals surface area contributed by atoms with Crippen LogP contribution >= 0.6 is 0 Å². The third-order valence-electron chi connectivity index (χ3n) is 6.57. The molecule has 0 N–H and O–H groups in total. The molecule has 3 aromatic carbocycles. The monoisotopic (exact) mass is 338 g/mol. The van der Waals surface area contributed by atoms with Gasteiger partial charge in [-0.1, -0.05) is 81.8 Å². The summed E-state index contributed by atoms with van der Waals surface area (Å²) < 4.78 is 0. The summed E-state index contributed by atoms with van der Waals surface area (Å²) in [6, 6.07) is 20.7. The zero-order valence-electron chi connectivity index (χ0n) is 16.0. The predicted octanol–water partition coefficient (Wildman–Crippen LogP) is 7.29. The third-order valence-corrected chi connectivity index (χ3v) is 6.57. The van der Waals surface area contributed by atoms with Crippen molar-refractivity contribution in [1.82, 2.24) is 0 Å². The first-order valence-electron chi connectivity index (χ1n) is 10.1. The maximum Gasteiger partial charge on any atom is 0.00796 e. The first-order valence-corrected chi connectivity index (χ1v) is 10.1. The Balaban J connectivity index is 1.85. The summed E-state index contributed by atoms with van der Waals surface area (Å²) in [5, 5.41) is 0. The van der Waals surface area contributed by atoms with Gasteiger partial charge in [-0.15, -0.1) is 0 Å². The van der Waals surface area contributed by atoms with Gasteiger partial charge in [-0.25, -0.2) is 0 Å². The molecule has 0 fully saturated rings. The molecule has 3 aromatic rings. The van der Waals surface area contributed by atoms with Gasteiger partial charge >= 0.3 is 0 Å². The molecule has 2 atom stereocenters. The van der Waals surface area contributed by atoms with Crippen molar-refractivity contribution < 1.29 is 0 Å². The molecule has 0 radical (unpaired) electrons. The Bertz CT molecular complexity index is 1010. The van der Waals surface area contributed by atoms with Crippen LogP contribution in [0.15, 0.2) is 54.6 Å². The standard InChI is InChI=1S/C26H26/c1-4-5-10-18-15-23-16(2)19-11-6-9-14-22(19)26(23)24-17(3)20-12-7-8-13-21(20)25(18)24/h6-9,11-17H,4-5,10H2,1-3H3. The maximum atomic E-state index is 2.54. The average molecular weight is 338 g/mol. The van der Waals surface area contributed by atoms with Crippen LogP contribution in [0.4, 0.5) is 0 Å². The highest BCUT2D eigenvalue weighted by atomic mass is 14.4. The molecular weight excluding hydrogens is 312 g/mol. The molecule has 130 valence electrons. The number of fused-ring (bicyclic) bond motifs is 7. The van der Waals surface area contributed by atoms with Crippen molar-refractivity contribution in [3.05, 3.63) is 82.4 Å². The summed E-state index contributed by atoms with van der Waals surface area (Å²) in [4.78, 5) is 0. The van der Waals surface area contributed by atoms with Crippen molar-refractivity contribution >= 4 is 0 Å². The van der Waals surface area contributed by atoms with Gasteiger partial charge in [-0.05, 0) is 62.9 Å². The number of benzene rings is 3. The Labute approximate surface area is 156 Å². The molecule has 0 saturated carbocycles. The van der Waals surface area contributed by atoms with Crippen LogP contribution in [0.5, 0.6) is 0 Å². The van der Waals surface area contributed by atoms with E-state index in [1.807, 2.05) is 0 Å². The molecule has 2 unspecified atom stereocenters. The van der Waals surface area contributed by atoms with Gasteiger partial charge in [0.2, 0.25) is 0 Å². The first kappa shape index (κ1) is 15.9. The van der Waals surface area contributed by atoms with Crippen molar-refractivity contribution in [2.45, 2.75) is 51.9 Å². The van der Waals surface area contributed by atoms with E-state index in [1.54, 1.807) is 22.3 Å². The van der Waals surface area contributed by atoms with Crippen LogP contribution in [0.25, 0.3) is 22.3 Å². The lowest BCUT2D eigenvalue weighted by atomic mass is 9.85. The van der Waals surface area contributed by atoms with Gasteiger partial charge in [0.15, 0.2) is 0 Å². The van der Waals surface area contributed by atoms with Crippen molar-refractivity contribution in [2.75, 3.05) is 0 Å². The van der Waals surface area contributed by atoms with Crippen molar-refractivity contribution in [2.24, 2.45) is 0 Å². The van der Waals surface area contributed by atoms with Crippen LogP contribution in [0.2, 0.25) is 0 Å². The molecule has 2 aliphatic carbocycles. The van der Waals surface area contributed by atoms with E-state index in [9.17, 15) is 0 Å². The molecule has 0 heterocycles. The first-order chi connectivity index (χ1) is 12.7. The fourth-order valence-corrected chi connectivity index (χ4v) is 5.27. The minimum absolute atomic E-state index is 0.481. The molecule has 0 amide bonds. The Kier molecular flexibility index (Phi) is 3.57. The lowest BCUT2D eigenvalue weighted by molar-refractivity contribution is 0.793. The van der Waals surface area contributed by atoms with Crippen LogP contribution in [0.1, 0.15) is 73.3 Å². The number of aryl methyl sites for hydroxylation is 1. The average Bonchev–Trinajstić information content (AvgIpc) is 3.13. The van der Waals surface area contributed by atoms with E-state index in [2.05, 4.69) is 75.4 Å². The Hall–Kier alpha value is -2.34. The van der Waals surface area contributed by atoms with Crippen molar-refractivity contribution in [1.29, 1.82) is 0 Å². The number of hydrogen-bond donors (Lipinski definition) is 0. The minimum Gasteiger partial charge on any atom is -0.0654 e. The van der Waals surface area contributed by atoms with Gasteiger partial charge in [0, 0.05) is 11.8 Å². The van der Waals surface area contributed by atoms with Crippen LogP contribution < -0.4 is 0 Å². The molecule has 0 aromatic heterocycles. The van der Waals surface area contributed by atoms with Crippen LogP contribution in [-0.4, -0.2) is 0 Å². The van der Waals surface area contributed by atoms with Gasteiger partial charge < -0.3 is 0 Å². The third kappa shape index (κ3) is 2.02. The van der Waals surface area contributed by atoms with Gasteiger partial charge in [-0.3, -0.25) is 0 Å². The van der Waals surface area contributed by atoms with Crippen LogP contribution in [0, 0.1) is 0 Å². The van der Waals surface area contributed by atoms with Crippen LogP contribution in [0.3, 0.4) is 0 Å². The Morgan fingerprint density at radius 3 is 2.04 bits per heavy atom. The zero-order chi connectivity index (χ0) is 17.8. The van der Waals surface area contributed by atoms with Crippen molar-refractivity contribution in [3.63, 3.8) is 0 Å². The molecule has 0 heteroatoms. The summed E-state index contributed by atoms with van der Waals surface area (Å²) in [6.07, 6.45) is 3.71. The number of hydrogen-bond acceptors (Lipinski definition) is 0. The lowest BCUT2D eigenvalue weighted by Crippen LogP contribution is -2.00. The molecule has 0 nitrogen and oxygen atoms in total. The van der Waals surface area contributed by atoms with Gasteiger partial charge in [0.1, 0.15) is 0 Å². The quantitative estimate of drug-likeness (QED) is 0.470. The van der Waals surface area contributed by atoms with E-state index < -0.39 is 0 Å². The van der Waals surface area contributed by atoms with E-state index in [1.165, 1.54) is 47.1 Å². The fraction of sp³-hybridized carbons (Fsp3) is 0.308. The topological polar surface area (TPSA) is 0 Å². The molecule has 2 aliphatic rings. The lowest BCUT2D eigenvalue weighted by Gasteiger charge is -2.18. The predicted molar refractivity (Wildman–Crippen MR) is 111 cm³/mol. The fourth-order valence-electron chi connectivity index (χ4n) is 5.27. The second-order valence-corrected chi connectivity index (χ2v) is 8.01. The molecule has 0 spiro atoms. The Morgan fingerprint density at radius 2 is 1.35 bits per heavy atom. The van der Waals surface area contributed by atoms with E-state index in [-0.39, 0.29) is 0 Å². The smallest absolute Gasteiger partial charge is 0.00796 e. The summed E-state index contributed by atoms with van der Waals surface area (Å²) in [5.41, 5.74) is 13.7. The Morgan fingerprint density at radius 1 is 0.731 bits per heavy atom. The second-order valence-electron chi connectivity index (χ2n) is 8.01. The normalized spacial score (nSPS) is 19.0. The summed E-state index contributed by atoms with van der Waals surface area (Å²) in [5.74, 6) is 0.984. The van der Waals surface area contributed by atoms with Gasteiger partial charge in [-0.2, -0.15) is 0 Å². The second kappa shape index (κ2) is 5.84. The minimum atomic E-state index is 0.481. The van der Waals surface area contributed by atoms with E-state index in [0.717, 1.165) is 0 Å². The molecular formula is C26H26. The van der Waals surface area contributed by atoms with E-state index in [4.69, 9.17) is 0 Å². The highest BCUT2D eigenvalue weighted by Crippen LogP contribution is 2.56. The SMILES string of the molecule is CCCCc1cc2c(c3c1-c1ccccc1C3C)-c1ccccc1C2C. The van der Waals surface area contributed by atoms with Crippen molar-refractivity contribution in [3.8, 4) is 22.3 Å². The zero-order valence-corrected chi connectivity index (χ0v) is 16.0. The summed E-state index contributed by atoms with van der Waals surface area (Å²) in [6.45, 7) is 7.08. The molecule has 5 rings (SSSR count).